The standard InChI is InChI=1S/C28H29ClFN5O2/c29-24-8-2-1-7-23(24)25-11-12-26(32-31-25)33-13-4-14-34(16-15-33)27(36)19-35(18-20-9-10-20)28(37)21-5-3-6-22(30)17-21/h1-3,5-8,11-12,17,20H,4,9-10,13-16,18-19H2. The van der Waals surface area contributed by atoms with Crippen molar-refractivity contribution in [2.75, 3.05) is 44.2 Å². The monoisotopic (exact) mass is 521 g/mol. The van der Waals surface area contributed by atoms with Gasteiger partial charge in [-0.25, -0.2) is 4.39 Å². The molecule has 7 nitrogen and oxygen atoms in total. The van der Waals surface area contributed by atoms with Gasteiger partial charge in [-0.3, -0.25) is 9.59 Å². The molecular formula is C28H29ClFN5O2. The van der Waals surface area contributed by atoms with Gasteiger partial charge in [-0.05, 0) is 61.6 Å². The Morgan fingerprint density at radius 1 is 0.973 bits per heavy atom. The van der Waals surface area contributed by atoms with Crippen LogP contribution in [0.2, 0.25) is 5.02 Å². The molecule has 2 heterocycles. The Bertz CT molecular complexity index is 1270. The van der Waals surface area contributed by atoms with Crippen LogP contribution in [0, 0.1) is 11.7 Å². The first kappa shape index (κ1) is 25.1. The SMILES string of the molecule is O=C(CN(CC1CC1)C(=O)c1cccc(F)c1)N1CCCN(c2ccc(-c3ccccc3Cl)nn2)CC1. The lowest BCUT2D eigenvalue weighted by atomic mass is 10.1. The summed E-state index contributed by atoms with van der Waals surface area (Å²) >= 11 is 6.29. The summed E-state index contributed by atoms with van der Waals surface area (Å²) in [5.74, 6) is 0.315. The molecule has 2 aromatic carbocycles. The van der Waals surface area contributed by atoms with Crippen molar-refractivity contribution in [2.45, 2.75) is 19.3 Å². The van der Waals surface area contributed by atoms with Crippen LogP contribution in [0.1, 0.15) is 29.6 Å². The molecule has 0 spiro atoms. The van der Waals surface area contributed by atoms with Crippen LogP contribution in [0.15, 0.2) is 60.7 Å². The second-order valence-electron chi connectivity index (χ2n) is 9.62. The molecule has 2 aliphatic rings. The lowest BCUT2D eigenvalue weighted by Gasteiger charge is -2.27. The normalized spacial score (nSPS) is 15.8. The number of carbonyl (C=O) groups excluding carboxylic acids is 2. The second-order valence-corrected chi connectivity index (χ2v) is 10.0. The Morgan fingerprint density at radius 2 is 1.81 bits per heavy atom. The van der Waals surface area contributed by atoms with E-state index in [1.807, 2.05) is 41.3 Å². The average Bonchev–Trinajstić information content (AvgIpc) is 3.75. The number of carbonyl (C=O) groups is 2. The summed E-state index contributed by atoms with van der Waals surface area (Å²) in [5, 5.41) is 9.41. The van der Waals surface area contributed by atoms with Gasteiger partial charge in [-0.2, -0.15) is 0 Å². The van der Waals surface area contributed by atoms with Gasteiger partial charge in [-0.1, -0.05) is 35.9 Å². The molecule has 0 radical (unpaired) electrons. The molecule has 0 bridgehead atoms. The molecule has 5 rings (SSSR count). The fourth-order valence-corrected chi connectivity index (χ4v) is 4.83. The van der Waals surface area contributed by atoms with Gasteiger partial charge in [0.05, 0.1) is 10.7 Å². The third kappa shape index (κ3) is 6.25. The van der Waals surface area contributed by atoms with Crippen molar-refractivity contribution >= 4 is 29.2 Å². The van der Waals surface area contributed by atoms with Crippen molar-refractivity contribution in [3.8, 4) is 11.3 Å². The fraction of sp³-hybridized carbons (Fsp3) is 0.357. The fourth-order valence-electron chi connectivity index (χ4n) is 4.60. The third-order valence-electron chi connectivity index (χ3n) is 6.83. The van der Waals surface area contributed by atoms with E-state index in [9.17, 15) is 14.0 Å². The molecule has 0 atom stereocenters. The van der Waals surface area contributed by atoms with Crippen LogP contribution >= 0.6 is 11.6 Å². The summed E-state index contributed by atoms with van der Waals surface area (Å²) in [6, 6.07) is 17.0. The maximum absolute atomic E-state index is 13.7. The Morgan fingerprint density at radius 3 is 2.54 bits per heavy atom. The minimum absolute atomic E-state index is 0.00180. The molecule has 1 aromatic heterocycles. The number of hydrogen-bond acceptors (Lipinski definition) is 5. The summed E-state index contributed by atoms with van der Waals surface area (Å²) in [6.07, 6.45) is 2.88. The molecule has 1 saturated heterocycles. The van der Waals surface area contributed by atoms with Crippen LogP contribution < -0.4 is 4.90 Å². The number of amides is 2. The maximum Gasteiger partial charge on any atom is 0.254 e. The number of halogens is 2. The van der Waals surface area contributed by atoms with Crippen molar-refractivity contribution in [1.29, 1.82) is 0 Å². The Labute approximate surface area is 220 Å². The molecule has 0 unspecified atom stereocenters. The average molecular weight is 522 g/mol. The molecule has 3 aromatic rings. The predicted octanol–water partition coefficient (Wildman–Crippen LogP) is 4.53. The summed E-state index contributed by atoms with van der Waals surface area (Å²) < 4.78 is 13.7. The van der Waals surface area contributed by atoms with Crippen LogP contribution in [-0.2, 0) is 4.79 Å². The van der Waals surface area contributed by atoms with Crippen molar-refractivity contribution in [3.05, 3.63) is 77.1 Å². The highest BCUT2D eigenvalue weighted by molar-refractivity contribution is 6.33. The van der Waals surface area contributed by atoms with Gasteiger partial charge in [0.1, 0.15) is 12.4 Å². The van der Waals surface area contributed by atoms with E-state index in [0.29, 0.717) is 42.8 Å². The second kappa shape index (κ2) is 11.3. The topological polar surface area (TPSA) is 69.6 Å². The highest BCUT2D eigenvalue weighted by Crippen LogP contribution is 2.30. The Hall–Kier alpha value is -3.52. The molecule has 1 aliphatic carbocycles. The number of rotatable bonds is 7. The summed E-state index contributed by atoms with van der Waals surface area (Å²) in [4.78, 5) is 31.8. The predicted molar refractivity (Wildman–Crippen MR) is 141 cm³/mol. The van der Waals surface area contributed by atoms with E-state index in [0.717, 1.165) is 37.2 Å². The molecule has 0 N–H and O–H groups in total. The van der Waals surface area contributed by atoms with E-state index in [-0.39, 0.29) is 23.9 Å². The van der Waals surface area contributed by atoms with Crippen molar-refractivity contribution in [3.63, 3.8) is 0 Å². The number of benzene rings is 2. The van der Waals surface area contributed by atoms with E-state index in [1.165, 1.54) is 18.2 Å². The molecule has 9 heteroatoms. The summed E-state index contributed by atoms with van der Waals surface area (Å²) in [7, 11) is 0. The first-order valence-corrected chi connectivity index (χ1v) is 13.0. The van der Waals surface area contributed by atoms with Gasteiger partial charge >= 0.3 is 0 Å². The number of aromatic nitrogens is 2. The van der Waals surface area contributed by atoms with Crippen molar-refractivity contribution in [1.82, 2.24) is 20.0 Å². The lowest BCUT2D eigenvalue weighted by molar-refractivity contribution is -0.131. The van der Waals surface area contributed by atoms with Crippen LogP contribution in [-0.4, -0.2) is 71.1 Å². The minimum Gasteiger partial charge on any atom is -0.353 e. The largest absolute Gasteiger partial charge is 0.353 e. The lowest BCUT2D eigenvalue weighted by Crippen LogP contribution is -2.45. The first-order valence-electron chi connectivity index (χ1n) is 12.6. The highest BCUT2D eigenvalue weighted by Gasteiger charge is 2.30. The van der Waals surface area contributed by atoms with Gasteiger partial charge in [0.2, 0.25) is 5.91 Å². The molecular weight excluding hydrogens is 493 g/mol. The van der Waals surface area contributed by atoms with Crippen molar-refractivity contribution in [2.24, 2.45) is 5.92 Å². The van der Waals surface area contributed by atoms with E-state index < -0.39 is 5.82 Å². The molecule has 37 heavy (non-hydrogen) atoms. The minimum atomic E-state index is -0.459. The van der Waals surface area contributed by atoms with Gasteiger partial charge in [0, 0.05) is 43.9 Å². The Kier molecular flexibility index (Phi) is 7.65. The first-order chi connectivity index (χ1) is 18.0. The highest BCUT2D eigenvalue weighted by atomic mass is 35.5. The summed E-state index contributed by atoms with van der Waals surface area (Å²) in [6.45, 7) is 3.01. The quantitative estimate of drug-likeness (QED) is 0.457. The van der Waals surface area contributed by atoms with Crippen LogP contribution in [0.5, 0.6) is 0 Å². The molecule has 1 saturated carbocycles. The molecule has 192 valence electrons. The number of hydrogen-bond donors (Lipinski definition) is 0. The zero-order valence-corrected chi connectivity index (χ0v) is 21.3. The zero-order chi connectivity index (χ0) is 25.8. The smallest absolute Gasteiger partial charge is 0.254 e. The van der Waals surface area contributed by atoms with Crippen molar-refractivity contribution < 1.29 is 14.0 Å². The van der Waals surface area contributed by atoms with Gasteiger partial charge in [-0.15, -0.1) is 10.2 Å². The number of anilines is 1. The van der Waals surface area contributed by atoms with Gasteiger partial charge < -0.3 is 14.7 Å². The third-order valence-corrected chi connectivity index (χ3v) is 7.16. The zero-order valence-electron chi connectivity index (χ0n) is 20.5. The van der Waals surface area contributed by atoms with Gasteiger partial charge in [0.15, 0.2) is 5.82 Å². The molecule has 2 amide bonds. The molecule has 1 aliphatic heterocycles. The number of nitrogens with zero attached hydrogens (tertiary/aromatic N) is 5. The van der Waals surface area contributed by atoms with Gasteiger partial charge in [0.25, 0.3) is 5.91 Å². The Balaban J connectivity index is 1.21. The maximum atomic E-state index is 13.7. The van der Waals surface area contributed by atoms with Crippen LogP contribution in [0.4, 0.5) is 10.2 Å². The van der Waals surface area contributed by atoms with Crippen LogP contribution in [0.3, 0.4) is 0 Å². The van der Waals surface area contributed by atoms with Crippen LogP contribution in [0.25, 0.3) is 11.3 Å². The molecule has 2 fully saturated rings. The van der Waals surface area contributed by atoms with E-state index in [4.69, 9.17) is 11.6 Å². The van der Waals surface area contributed by atoms with E-state index >= 15 is 0 Å². The van der Waals surface area contributed by atoms with E-state index in [2.05, 4.69) is 15.1 Å². The summed E-state index contributed by atoms with van der Waals surface area (Å²) in [5.41, 5.74) is 1.81. The van der Waals surface area contributed by atoms with E-state index in [1.54, 1.807) is 11.0 Å².